The van der Waals surface area contributed by atoms with Crippen molar-refractivity contribution >= 4 is 27.4 Å². The van der Waals surface area contributed by atoms with Crippen LogP contribution in [0.1, 0.15) is 30.0 Å². The second kappa shape index (κ2) is 11.6. The molecular weight excluding hydrogens is 494 g/mol. The fourth-order valence-corrected chi connectivity index (χ4v) is 5.34. The molecule has 4 aromatic rings. The predicted molar refractivity (Wildman–Crippen MR) is 141 cm³/mol. The number of Topliss-reactive ketones (excluding diaryl/α,β-unsaturated/α-hetero) is 1. The van der Waals surface area contributed by atoms with Gasteiger partial charge in [0, 0.05) is 42.5 Å². The summed E-state index contributed by atoms with van der Waals surface area (Å²) in [5.41, 5.74) is 3.53. The van der Waals surface area contributed by atoms with Gasteiger partial charge in [0.25, 0.3) is 0 Å². The van der Waals surface area contributed by atoms with Crippen molar-refractivity contribution in [2.75, 3.05) is 0 Å². The van der Waals surface area contributed by atoms with Gasteiger partial charge in [-0.05, 0) is 60.4 Å². The summed E-state index contributed by atoms with van der Waals surface area (Å²) >= 11 is 5.99. The van der Waals surface area contributed by atoms with Gasteiger partial charge >= 0.3 is 0 Å². The van der Waals surface area contributed by atoms with E-state index in [9.17, 15) is 13.2 Å². The zero-order valence-corrected chi connectivity index (χ0v) is 21.4. The van der Waals surface area contributed by atoms with Gasteiger partial charge in [0.15, 0.2) is 5.82 Å². The minimum absolute atomic E-state index is 0.122. The quantitative estimate of drug-likeness (QED) is 0.268. The molecule has 0 fully saturated rings. The molecule has 1 heterocycles. The van der Waals surface area contributed by atoms with Gasteiger partial charge < -0.3 is 4.79 Å². The number of nitrogens with zero attached hydrogens (tertiary/aromatic N) is 3. The maximum absolute atomic E-state index is 13.7. The summed E-state index contributed by atoms with van der Waals surface area (Å²) in [6, 6.07) is 23.2. The predicted octanol–water partition coefficient (Wildman–Crippen LogP) is 5.71. The Labute approximate surface area is 216 Å². The molecule has 0 spiro atoms. The van der Waals surface area contributed by atoms with Gasteiger partial charge in [-0.1, -0.05) is 60.1 Å². The standard InChI is InChI=1S/C28H26ClN3O3S/c1-21(33)6-7-22-4-2-5-24(18-22)20-32(36(34,35)27-14-12-26(29)13-15-27)19-23-8-10-25(11-9-23)28-30-16-3-17-31-28/h2-5,8-18H,6-7,19-20H2,1H3. The van der Waals surface area contributed by atoms with E-state index in [0.717, 1.165) is 22.3 Å². The smallest absolute Gasteiger partial charge is 0.243 e. The van der Waals surface area contributed by atoms with E-state index >= 15 is 0 Å². The Morgan fingerprint density at radius 1 is 0.833 bits per heavy atom. The topological polar surface area (TPSA) is 80.2 Å². The van der Waals surface area contributed by atoms with Crippen LogP contribution in [-0.4, -0.2) is 28.5 Å². The van der Waals surface area contributed by atoms with Crippen LogP contribution in [0.3, 0.4) is 0 Å². The number of benzene rings is 3. The van der Waals surface area contributed by atoms with Gasteiger partial charge in [-0.3, -0.25) is 0 Å². The van der Waals surface area contributed by atoms with E-state index < -0.39 is 10.0 Å². The molecule has 0 aliphatic heterocycles. The van der Waals surface area contributed by atoms with E-state index in [4.69, 9.17) is 11.6 Å². The number of hydrogen-bond donors (Lipinski definition) is 0. The van der Waals surface area contributed by atoms with Crippen LogP contribution in [0, 0.1) is 0 Å². The highest BCUT2D eigenvalue weighted by Crippen LogP contribution is 2.24. The van der Waals surface area contributed by atoms with Crippen LogP contribution >= 0.6 is 11.6 Å². The third-order valence-electron chi connectivity index (χ3n) is 5.70. The van der Waals surface area contributed by atoms with Gasteiger partial charge in [0.2, 0.25) is 10.0 Å². The molecule has 184 valence electrons. The van der Waals surface area contributed by atoms with E-state index in [0.29, 0.717) is 23.7 Å². The first-order valence-corrected chi connectivity index (χ1v) is 13.3. The van der Waals surface area contributed by atoms with Crippen molar-refractivity contribution in [3.8, 4) is 11.4 Å². The van der Waals surface area contributed by atoms with Crippen LogP contribution in [0.5, 0.6) is 0 Å². The first-order valence-electron chi connectivity index (χ1n) is 11.5. The van der Waals surface area contributed by atoms with Crippen molar-refractivity contribution in [2.45, 2.75) is 37.8 Å². The van der Waals surface area contributed by atoms with E-state index in [1.165, 1.54) is 16.4 Å². The average Bonchev–Trinajstić information content (AvgIpc) is 2.88. The summed E-state index contributed by atoms with van der Waals surface area (Å²) in [4.78, 5) is 20.1. The van der Waals surface area contributed by atoms with E-state index in [2.05, 4.69) is 9.97 Å². The van der Waals surface area contributed by atoms with E-state index in [1.54, 1.807) is 37.5 Å². The molecule has 3 aromatic carbocycles. The van der Waals surface area contributed by atoms with Crippen LogP contribution in [-0.2, 0) is 34.3 Å². The maximum Gasteiger partial charge on any atom is 0.243 e. The summed E-state index contributed by atoms with van der Waals surface area (Å²) in [6.07, 6.45) is 4.44. The maximum atomic E-state index is 13.7. The normalized spacial score (nSPS) is 11.5. The Bertz CT molecular complexity index is 1430. The van der Waals surface area contributed by atoms with Gasteiger partial charge in [-0.2, -0.15) is 4.31 Å². The van der Waals surface area contributed by atoms with Crippen LogP contribution < -0.4 is 0 Å². The molecule has 0 saturated carbocycles. The van der Waals surface area contributed by atoms with Crippen molar-refractivity contribution in [1.82, 2.24) is 14.3 Å². The fourth-order valence-electron chi connectivity index (χ4n) is 3.80. The molecule has 8 heteroatoms. The first-order chi connectivity index (χ1) is 17.3. The van der Waals surface area contributed by atoms with Gasteiger partial charge in [-0.25, -0.2) is 18.4 Å². The summed E-state index contributed by atoms with van der Waals surface area (Å²) in [5, 5.41) is 0.470. The number of carbonyl (C=O) groups excluding carboxylic acids is 1. The zero-order valence-electron chi connectivity index (χ0n) is 19.8. The van der Waals surface area contributed by atoms with E-state index in [1.807, 2.05) is 48.5 Å². The highest BCUT2D eigenvalue weighted by molar-refractivity contribution is 7.89. The molecule has 36 heavy (non-hydrogen) atoms. The van der Waals surface area contributed by atoms with Crippen LogP contribution in [0.25, 0.3) is 11.4 Å². The van der Waals surface area contributed by atoms with E-state index in [-0.39, 0.29) is 23.8 Å². The lowest BCUT2D eigenvalue weighted by Gasteiger charge is -2.23. The Morgan fingerprint density at radius 3 is 2.14 bits per heavy atom. The zero-order chi connectivity index (χ0) is 25.5. The second-order valence-electron chi connectivity index (χ2n) is 8.52. The van der Waals surface area contributed by atoms with Crippen LogP contribution in [0.15, 0.2) is 96.2 Å². The molecule has 1 aromatic heterocycles. The first kappa shape index (κ1) is 25.7. The largest absolute Gasteiger partial charge is 0.300 e. The lowest BCUT2D eigenvalue weighted by atomic mass is 10.0. The summed E-state index contributed by atoms with van der Waals surface area (Å²) < 4.78 is 28.8. The van der Waals surface area contributed by atoms with Gasteiger partial charge in [0.1, 0.15) is 5.78 Å². The fraction of sp³-hybridized carbons (Fsp3) is 0.179. The monoisotopic (exact) mass is 519 g/mol. The van der Waals surface area contributed by atoms with Gasteiger partial charge in [0.05, 0.1) is 4.90 Å². The molecule has 0 unspecified atom stereocenters. The number of hydrogen-bond acceptors (Lipinski definition) is 5. The minimum Gasteiger partial charge on any atom is -0.300 e. The highest BCUT2D eigenvalue weighted by atomic mass is 35.5. The molecule has 0 bridgehead atoms. The Balaban J connectivity index is 1.63. The van der Waals surface area contributed by atoms with Gasteiger partial charge in [-0.15, -0.1) is 0 Å². The Morgan fingerprint density at radius 2 is 1.47 bits per heavy atom. The Kier molecular flexibility index (Phi) is 8.25. The number of carbonyl (C=O) groups is 1. The molecule has 0 N–H and O–H groups in total. The molecule has 0 aliphatic rings. The number of aromatic nitrogens is 2. The number of aryl methyl sites for hydroxylation is 1. The van der Waals surface area contributed by atoms with Crippen molar-refractivity contribution in [2.24, 2.45) is 0 Å². The molecule has 0 amide bonds. The SMILES string of the molecule is CC(=O)CCc1cccc(CN(Cc2ccc(-c3ncccn3)cc2)S(=O)(=O)c2ccc(Cl)cc2)c1. The van der Waals surface area contributed by atoms with Crippen LogP contribution in [0.4, 0.5) is 0 Å². The lowest BCUT2D eigenvalue weighted by Crippen LogP contribution is -2.30. The number of rotatable bonds is 10. The molecule has 0 atom stereocenters. The summed E-state index contributed by atoms with van der Waals surface area (Å²) in [6.45, 7) is 1.93. The third-order valence-corrected chi connectivity index (χ3v) is 7.76. The molecule has 6 nitrogen and oxygen atoms in total. The molecule has 4 rings (SSSR count). The summed E-state index contributed by atoms with van der Waals surface area (Å²) in [7, 11) is -3.82. The molecule has 0 saturated heterocycles. The summed E-state index contributed by atoms with van der Waals surface area (Å²) in [5.74, 6) is 0.730. The Hall–Kier alpha value is -3.39. The van der Waals surface area contributed by atoms with Crippen molar-refractivity contribution in [3.05, 3.63) is 113 Å². The molecule has 0 radical (unpaired) electrons. The number of halogens is 1. The average molecular weight is 520 g/mol. The van der Waals surface area contributed by atoms with Crippen molar-refractivity contribution in [3.63, 3.8) is 0 Å². The van der Waals surface area contributed by atoms with Crippen LogP contribution in [0.2, 0.25) is 5.02 Å². The number of ketones is 1. The number of sulfonamides is 1. The lowest BCUT2D eigenvalue weighted by molar-refractivity contribution is -0.116. The third kappa shape index (κ3) is 6.63. The molecule has 0 aliphatic carbocycles. The van der Waals surface area contributed by atoms with Crippen molar-refractivity contribution < 1.29 is 13.2 Å². The highest BCUT2D eigenvalue weighted by Gasteiger charge is 2.25. The molecular formula is C28H26ClN3O3S. The second-order valence-corrected chi connectivity index (χ2v) is 10.9. The van der Waals surface area contributed by atoms with Crippen molar-refractivity contribution in [1.29, 1.82) is 0 Å². The minimum atomic E-state index is -3.82.